The fraction of sp³-hybridized carbons (Fsp3) is 0.350. The van der Waals surface area contributed by atoms with E-state index in [1.807, 2.05) is 48.5 Å². The first-order valence-electron chi connectivity index (χ1n) is 7.87. The minimum absolute atomic E-state index is 0.118. The smallest absolute Gasteiger partial charge is 0.200 e. The Morgan fingerprint density at radius 1 is 0.909 bits per heavy atom. The van der Waals surface area contributed by atoms with Crippen LogP contribution in [-0.4, -0.2) is 16.0 Å². The van der Waals surface area contributed by atoms with Crippen LogP contribution in [0.5, 0.6) is 0 Å². The van der Waals surface area contributed by atoms with Crippen molar-refractivity contribution in [1.29, 1.82) is 0 Å². The van der Waals surface area contributed by atoms with Crippen LogP contribution in [0.3, 0.4) is 0 Å². The molecule has 22 heavy (non-hydrogen) atoms. The molecule has 1 aliphatic heterocycles. The number of hydrogen-bond acceptors (Lipinski definition) is 1. The molecule has 0 aliphatic carbocycles. The Hall–Kier alpha value is -2.09. The van der Waals surface area contributed by atoms with Gasteiger partial charge in [0.15, 0.2) is 5.54 Å². The Bertz CT molecular complexity index is 688. The zero-order valence-corrected chi connectivity index (χ0v) is 13.5. The van der Waals surface area contributed by atoms with Gasteiger partial charge in [-0.15, -0.1) is 0 Å². The predicted molar refractivity (Wildman–Crippen MR) is 91.1 cm³/mol. The van der Waals surface area contributed by atoms with Crippen molar-refractivity contribution in [3.63, 3.8) is 0 Å². The third-order valence-electron chi connectivity index (χ3n) is 4.63. The topological polar surface area (TPSA) is 26.1 Å². The first kappa shape index (κ1) is 14.8. The molecule has 0 saturated carbocycles. The molecule has 0 saturated heterocycles. The molecular formula is C20H23NO. The summed E-state index contributed by atoms with van der Waals surface area (Å²) in [6.07, 6.45) is 1.64. The Kier molecular flexibility index (Phi) is 3.56. The summed E-state index contributed by atoms with van der Waals surface area (Å²) in [4.78, 5) is 0. The monoisotopic (exact) mass is 293 g/mol. The molecule has 0 radical (unpaired) electrons. The van der Waals surface area contributed by atoms with E-state index in [-0.39, 0.29) is 5.41 Å². The zero-order valence-electron chi connectivity index (χ0n) is 13.5. The highest BCUT2D eigenvalue weighted by molar-refractivity contribution is 6.01. The Morgan fingerprint density at radius 2 is 1.45 bits per heavy atom. The number of rotatable bonds is 3. The maximum Gasteiger partial charge on any atom is 0.200 e. The van der Waals surface area contributed by atoms with E-state index in [0.717, 1.165) is 24.1 Å². The van der Waals surface area contributed by atoms with Crippen LogP contribution in [0.15, 0.2) is 60.7 Å². The van der Waals surface area contributed by atoms with Gasteiger partial charge in [0.2, 0.25) is 5.71 Å². The summed E-state index contributed by atoms with van der Waals surface area (Å²) in [5.74, 6) is 0. The molecule has 0 N–H and O–H groups in total. The molecular weight excluding hydrogens is 270 g/mol. The third-order valence-corrected chi connectivity index (χ3v) is 4.63. The quantitative estimate of drug-likeness (QED) is 0.608. The zero-order chi connectivity index (χ0) is 15.8. The van der Waals surface area contributed by atoms with Crippen LogP contribution in [-0.2, 0) is 6.42 Å². The van der Waals surface area contributed by atoms with Crippen molar-refractivity contribution < 1.29 is 4.74 Å². The highest BCUT2D eigenvalue weighted by atomic mass is 16.5. The minimum atomic E-state index is -0.393. The lowest BCUT2D eigenvalue weighted by Gasteiger charge is -2.24. The lowest BCUT2D eigenvalue weighted by molar-refractivity contribution is -0.535. The lowest BCUT2D eigenvalue weighted by atomic mass is 9.77. The van der Waals surface area contributed by atoms with E-state index in [4.69, 9.17) is 0 Å². The normalized spacial score (nSPS) is 23.8. The fourth-order valence-corrected chi connectivity index (χ4v) is 3.93. The van der Waals surface area contributed by atoms with Gasteiger partial charge in [-0.3, -0.25) is 0 Å². The minimum Gasteiger partial charge on any atom is -0.623 e. The molecule has 114 valence electrons. The molecule has 0 aromatic heterocycles. The molecule has 2 aromatic rings. The van der Waals surface area contributed by atoms with Gasteiger partial charge in [0.25, 0.3) is 0 Å². The van der Waals surface area contributed by atoms with Crippen LogP contribution in [0.4, 0.5) is 0 Å². The van der Waals surface area contributed by atoms with Gasteiger partial charge < -0.3 is 5.21 Å². The first-order valence-corrected chi connectivity index (χ1v) is 7.87. The number of hydrogen-bond donors (Lipinski definition) is 0. The van der Waals surface area contributed by atoms with Gasteiger partial charge in [-0.1, -0.05) is 48.5 Å². The molecule has 0 unspecified atom stereocenters. The second kappa shape index (κ2) is 5.28. The van der Waals surface area contributed by atoms with Crippen LogP contribution >= 0.6 is 0 Å². The van der Waals surface area contributed by atoms with Crippen molar-refractivity contribution in [2.45, 2.75) is 39.2 Å². The predicted octanol–water partition coefficient (Wildman–Crippen LogP) is 4.42. The van der Waals surface area contributed by atoms with Gasteiger partial charge >= 0.3 is 0 Å². The van der Waals surface area contributed by atoms with Crippen molar-refractivity contribution in [1.82, 2.24) is 0 Å². The molecule has 0 spiro atoms. The molecule has 1 aliphatic rings. The average Bonchev–Trinajstić information content (AvgIpc) is 2.66. The molecule has 0 fully saturated rings. The van der Waals surface area contributed by atoms with Crippen molar-refractivity contribution in [3.05, 3.63) is 77.0 Å². The highest BCUT2D eigenvalue weighted by Gasteiger charge is 2.52. The molecule has 2 heteroatoms. The second-order valence-electron chi connectivity index (χ2n) is 7.23. The van der Waals surface area contributed by atoms with Crippen LogP contribution < -0.4 is 0 Å². The van der Waals surface area contributed by atoms with E-state index >= 15 is 0 Å². The van der Waals surface area contributed by atoms with Gasteiger partial charge in [0.05, 0.1) is 5.41 Å². The molecule has 3 rings (SSSR count). The summed E-state index contributed by atoms with van der Waals surface area (Å²) in [5, 5.41) is 13.1. The summed E-state index contributed by atoms with van der Waals surface area (Å²) in [5.41, 5.74) is 2.66. The first-order chi connectivity index (χ1) is 10.4. The van der Waals surface area contributed by atoms with Crippen molar-refractivity contribution in [2.75, 3.05) is 0 Å². The van der Waals surface area contributed by atoms with Gasteiger partial charge in [-0.2, -0.15) is 0 Å². The van der Waals surface area contributed by atoms with Gasteiger partial charge in [-0.05, 0) is 31.5 Å². The maximum absolute atomic E-state index is 13.1. The molecule has 2 aromatic carbocycles. The molecule has 1 atom stereocenters. The van der Waals surface area contributed by atoms with E-state index < -0.39 is 5.54 Å². The summed E-state index contributed by atoms with van der Waals surface area (Å²) in [7, 11) is 0. The second-order valence-corrected chi connectivity index (χ2v) is 7.23. The van der Waals surface area contributed by atoms with Crippen LogP contribution in [0.1, 0.15) is 38.3 Å². The Balaban J connectivity index is 2.03. The number of benzene rings is 2. The molecule has 1 heterocycles. The van der Waals surface area contributed by atoms with E-state index in [0.29, 0.717) is 0 Å². The van der Waals surface area contributed by atoms with Crippen LogP contribution in [0.25, 0.3) is 0 Å². The summed E-state index contributed by atoms with van der Waals surface area (Å²) >= 11 is 0. The SMILES string of the molecule is CC1(C)C[C@@](C)(Cc2ccccc2)[N+]([O-])=C1c1ccccc1. The van der Waals surface area contributed by atoms with E-state index in [1.165, 1.54) is 10.3 Å². The molecule has 0 amide bonds. The van der Waals surface area contributed by atoms with Crippen molar-refractivity contribution >= 4 is 5.71 Å². The van der Waals surface area contributed by atoms with Gasteiger partial charge in [0, 0.05) is 25.3 Å². The largest absolute Gasteiger partial charge is 0.623 e. The van der Waals surface area contributed by atoms with Crippen molar-refractivity contribution in [2.24, 2.45) is 5.41 Å². The number of hydroxylamine groups is 1. The van der Waals surface area contributed by atoms with E-state index in [9.17, 15) is 5.21 Å². The number of nitrogens with zero attached hydrogens (tertiary/aromatic N) is 1. The van der Waals surface area contributed by atoms with Gasteiger partial charge in [0.1, 0.15) is 0 Å². The summed E-state index contributed by atoms with van der Waals surface area (Å²) in [6.45, 7) is 6.44. The van der Waals surface area contributed by atoms with Crippen LogP contribution in [0.2, 0.25) is 0 Å². The lowest BCUT2D eigenvalue weighted by Crippen LogP contribution is -2.36. The Labute approximate surface area is 132 Å². The summed E-state index contributed by atoms with van der Waals surface area (Å²) < 4.78 is 1.27. The highest BCUT2D eigenvalue weighted by Crippen LogP contribution is 2.42. The van der Waals surface area contributed by atoms with Crippen LogP contribution in [0, 0.1) is 10.6 Å². The Morgan fingerprint density at radius 3 is 2.05 bits per heavy atom. The summed E-state index contributed by atoms with van der Waals surface area (Å²) in [6, 6.07) is 20.4. The average molecular weight is 293 g/mol. The standard InChI is InChI=1S/C20H23NO/c1-19(2)15-20(3,14-16-10-6-4-7-11-16)21(22)18(19)17-12-8-5-9-13-17/h4-13H,14-15H2,1-3H3/t20-/m1/s1. The van der Waals surface area contributed by atoms with E-state index in [2.05, 4.69) is 32.9 Å². The van der Waals surface area contributed by atoms with E-state index in [1.54, 1.807) is 0 Å². The molecule has 2 nitrogen and oxygen atoms in total. The van der Waals surface area contributed by atoms with Gasteiger partial charge in [-0.25, -0.2) is 4.74 Å². The van der Waals surface area contributed by atoms with Crippen molar-refractivity contribution in [3.8, 4) is 0 Å². The fourth-order valence-electron chi connectivity index (χ4n) is 3.93. The molecule has 0 bridgehead atoms. The third kappa shape index (κ3) is 2.54. The maximum atomic E-state index is 13.1.